The Morgan fingerprint density at radius 2 is 1.18 bits per heavy atom. The Labute approximate surface area is 203 Å². The number of rotatable bonds is 23. The fourth-order valence-corrected chi connectivity index (χ4v) is 4.18. The van der Waals surface area contributed by atoms with Gasteiger partial charge < -0.3 is 4.98 Å². The van der Waals surface area contributed by atoms with E-state index >= 15 is 0 Å². The lowest BCUT2D eigenvalue weighted by atomic mass is 10.0. The van der Waals surface area contributed by atoms with Gasteiger partial charge in [-0.25, -0.2) is 0 Å². The predicted octanol–water partition coefficient (Wildman–Crippen LogP) is 9.42. The van der Waals surface area contributed by atoms with E-state index < -0.39 is 0 Å². The summed E-state index contributed by atoms with van der Waals surface area (Å²) in [4.78, 5) is 13.8. The van der Waals surface area contributed by atoms with Crippen molar-refractivity contribution in [3.05, 3.63) is 47.8 Å². The van der Waals surface area contributed by atoms with Gasteiger partial charge in [-0.2, -0.15) is 5.26 Å². The van der Waals surface area contributed by atoms with Crippen LogP contribution in [0.4, 0.5) is 0 Å². The maximum absolute atomic E-state index is 10.6. The minimum Gasteiger partial charge on any atom is -0.356 e. The van der Waals surface area contributed by atoms with Crippen LogP contribution in [-0.2, 0) is 6.42 Å². The highest BCUT2D eigenvalue weighted by molar-refractivity contribution is 5.71. The van der Waals surface area contributed by atoms with E-state index in [0.717, 1.165) is 50.5 Å². The van der Waals surface area contributed by atoms with Gasteiger partial charge in [0.25, 0.3) is 0 Å². The minimum atomic E-state index is 0.670. The second kappa shape index (κ2) is 23.1. The normalized spacial score (nSPS) is 11.5. The lowest BCUT2D eigenvalue weighted by Gasteiger charge is -2.03. The molecule has 0 saturated heterocycles. The molecule has 1 N–H and O–H groups in total. The van der Waals surface area contributed by atoms with E-state index in [4.69, 9.17) is 5.26 Å². The molecule has 0 aliphatic carbocycles. The van der Waals surface area contributed by atoms with Gasteiger partial charge in [-0.1, -0.05) is 101 Å². The Kier molecular flexibility index (Phi) is 20.3. The number of aromatic amines is 1. The van der Waals surface area contributed by atoms with E-state index in [2.05, 4.69) is 35.4 Å². The molecule has 0 spiro atoms. The van der Waals surface area contributed by atoms with Gasteiger partial charge in [-0.05, 0) is 57.1 Å². The molecule has 0 fully saturated rings. The molecule has 0 atom stereocenters. The SMILES string of the molecule is N#CCCCCCCCCCCCCCCCC/C=C\C/C=C\CCCc1ccc(C=O)[nH]1. The van der Waals surface area contributed by atoms with E-state index in [-0.39, 0.29) is 0 Å². The van der Waals surface area contributed by atoms with Gasteiger partial charge >= 0.3 is 0 Å². The number of hydrogen-bond donors (Lipinski definition) is 1. The fourth-order valence-electron chi connectivity index (χ4n) is 4.18. The van der Waals surface area contributed by atoms with Crippen molar-refractivity contribution >= 4 is 6.29 Å². The summed E-state index contributed by atoms with van der Waals surface area (Å²) in [6.45, 7) is 0. The second-order valence-electron chi connectivity index (χ2n) is 9.27. The van der Waals surface area contributed by atoms with Gasteiger partial charge in [-0.3, -0.25) is 4.79 Å². The molecule has 1 aromatic rings. The number of carbonyl (C=O) groups is 1. The summed E-state index contributed by atoms with van der Waals surface area (Å²) >= 11 is 0. The topological polar surface area (TPSA) is 56.6 Å². The highest BCUT2D eigenvalue weighted by Gasteiger charge is 1.96. The summed E-state index contributed by atoms with van der Waals surface area (Å²) in [6.07, 6.45) is 35.2. The molecule has 0 saturated carbocycles. The molecule has 1 heterocycles. The molecule has 3 heteroatoms. The standard InChI is InChI=1S/C30H48N2O/c31-27-23-21-19-17-15-13-11-9-7-5-3-1-2-4-6-8-10-12-14-16-18-20-22-24-29-25-26-30(28-33)32-29/h10,12,16,18,25-26,28,32H,1-9,11,13-15,17,19-24H2/b12-10-,18-16-. The van der Waals surface area contributed by atoms with Crippen molar-refractivity contribution in [2.45, 2.75) is 128 Å². The smallest absolute Gasteiger partial charge is 0.166 e. The number of allylic oxidation sites excluding steroid dienone is 4. The maximum atomic E-state index is 10.6. The number of nitriles is 1. The number of aryl methyl sites for hydroxylation is 1. The van der Waals surface area contributed by atoms with E-state index in [9.17, 15) is 4.79 Å². The van der Waals surface area contributed by atoms with Crippen molar-refractivity contribution in [2.24, 2.45) is 0 Å². The molecule has 0 amide bonds. The monoisotopic (exact) mass is 452 g/mol. The van der Waals surface area contributed by atoms with Gasteiger partial charge in [0.15, 0.2) is 6.29 Å². The van der Waals surface area contributed by atoms with Crippen LogP contribution in [0.25, 0.3) is 0 Å². The van der Waals surface area contributed by atoms with Crippen molar-refractivity contribution < 1.29 is 4.79 Å². The van der Waals surface area contributed by atoms with Gasteiger partial charge in [0.2, 0.25) is 0 Å². The number of carbonyl (C=O) groups excluding carboxylic acids is 1. The molecule has 3 nitrogen and oxygen atoms in total. The summed E-state index contributed by atoms with van der Waals surface area (Å²) in [7, 11) is 0. The molecule has 0 radical (unpaired) electrons. The average molecular weight is 453 g/mol. The molecular formula is C30H48N2O. The number of aldehydes is 1. The Balaban J connectivity index is 1.75. The van der Waals surface area contributed by atoms with Crippen LogP contribution in [-0.4, -0.2) is 11.3 Å². The lowest BCUT2D eigenvalue weighted by molar-refractivity contribution is 0.111. The Hall–Kier alpha value is -2.08. The maximum Gasteiger partial charge on any atom is 0.166 e. The number of hydrogen-bond acceptors (Lipinski definition) is 2. The Morgan fingerprint density at radius 3 is 1.70 bits per heavy atom. The van der Waals surface area contributed by atoms with Gasteiger partial charge in [0.1, 0.15) is 0 Å². The zero-order chi connectivity index (χ0) is 23.7. The largest absolute Gasteiger partial charge is 0.356 e. The quantitative estimate of drug-likeness (QED) is 0.102. The van der Waals surface area contributed by atoms with Crippen LogP contribution >= 0.6 is 0 Å². The number of nitrogens with zero attached hydrogens (tertiary/aromatic N) is 1. The van der Waals surface area contributed by atoms with Crippen LogP contribution in [0.15, 0.2) is 36.4 Å². The Bertz CT molecular complexity index is 665. The fraction of sp³-hybridized carbons (Fsp3) is 0.667. The van der Waals surface area contributed by atoms with Crippen LogP contribution in [0, 0.1) is 11.3 Å². The first-order chi connectivity index (χ1) is 16.4. The highest BCUT2D eigenvalue weighted by atomic mass is 16.1. The molecule has 1 rings (SSSR count). The van der Waals surface area contributed by atoms with Crippen molar-refractivity contribution in [3.8, 4) is 6.07 Å². The first-order valence-corrected chi connectivity index (χ1v) is 13.7. The molecule has 33 heavy (non-hydrogen) atoms. The third-order valence-electron chi connectivity index (χ3n) is 6.23. The van der Waals surface area contributed by atoms with Crippen LogP contribution in [0.2, 0.25) is 0 Å². The van der Waals surface area contributed by atoms with Crippen LogP contribution < -0.4 is 0 Å². The summed E-state index contributed by atoms with van der Waals surface area (Å²) in [5, 5.41) is 8.51. The van der Waals surface area contributed by atoms with Crippen molar-refractivity contribution in [3.63, 3.8) is 0 Å². The van der Waals surface area contributed by atoms with Crippen LogP contribution in [0.3, 0.4) is 0 Å². The number of H-pyrrole nitrogens is 1. The molecule has 0 unspecified atom stereocenters. The molecule has 0 aliphatic rings. The summed E-state index contributed by atoms with van der Waals surface area (Å²) in [5.41, 5.74) is 1.82. The molecular weight excluding hydrogens is 404 g/mol. The molecule has 0 aliphatic heterocycles. The van der Waals surface area contributed by atoms with Crippen molar-refractivity contribution in [2.75, 3.05) is 0 Å². The third kappa shape index (κ3) is 19.1. The molecule has 0 bridgehead atoms. The van der Waals surface area contributed by atoms with E-state index in [1.807, 2.05) is 12.1 Å². The highest BCUT2D eigenvalue weighted by Crippen LogP contribution is 2.14. The van der Waals surface area contributed by atoms with Gasteiger partial charge in [0, 0.05) is 12.1 Å². The lowest BCUT2D eigenvalue weighted by Crippen LogP contribution is -1.86. The van der Waals surface area contributed by atoms with Crippen LogP contribution in [0.1, 0.15) is 138 Å². The van der Waals surface area contributed by atoms with Gasteiger partial charge in [0.05, 0.1) is 11.8 Å². The zero-order valence-corrected chi connectivity index (χ0v) is 21.0. The summed E-state index contributed by atoms with van der Waals surface area (Å²) in [6, 6.07) is 6.07. The first kappa shape index (κ1) is 29.0. The van der Waals surface area contributed by atoms with Crippen molar-refractivity contribution in [1.29, 1.82) is 5.26 Å². The van der Waals surface area contributed by atoms with E-state index in [1.54, 1.807) is 0 Å². The zero-order valence-electron chi connectivity index (χ0n) is 21.0. The Morgan fingerprint density at radius 1 is 0.667 bits per heavy atom. The third-order valence-corrected chi connectivity index (χ3v) is 6.23. The predicted molar refractivity (Wildman–Crippen MR) is 142 cm³/mol. The molecule has 184 valence electrons. The van der Waals surface area contributed by atoms with E-state index in [0.29, 0.717) is 5.69 Å². The van der Waals surface area contributed by atoms with Gasteiger partial charge in [-0.15, -0.1) is 0 Å². The molecule has 1 aromatic heterocycles. The molecule has 0 aromatic carbocycles. The summed E-state index contributed by atoms with van der Waals surface area (Å²) in [5.74, 6) is 0. The minimum absolute atomic E-state index is 0.670. The first-order valence-electron chi connectivity index (χ1n) is 13.7. The average Bonchev–Trinajstić information content (AvgIpc) is 3.30. The second-order valence-corrected chi connectivity index (χ2v) is 9.27. The summed E-state index contributed by atoms with van der Waals surface area (Å²) < 4.78 is 0. The van der Waals surface area contributed by atoms with Crippen molar-refractivity contribution in [1.82, 2.24) is 4.98 Å². The van der Waals surface area contributed by atoms with Crippen LogP contribution in [0.5, 0.6) is 0 Å². The van der Waals surface area contributed by atoms with E-state index in [1.165, 1.54) is 89.9 Å². The number of nitrogens with one attached hydrogen (secondary N) is 1. The number of unbranched alkanes of at least 4 members (excludes halogenated alkanes) is 16. The number of aromatic nitrogens is 1.